The number of aryl methyl sites for hydroxylation is 1. The van der Waals surface area contributed by atoms with Gasteiger partial charge in [0, 0.05) is 30.2 Å². The average Bonchev–Trinajstić information content (AvgIpc) is 2.69. The molecule has 0 unspecified atom stereocenters. The van der Waals surface area contributed by atoms with Crippen LogP contribution in [0.15, 0.2) is 48.8 Å². The average molecular weight is 365 g/mol. The molecule has 4 nitrogen and oxygen atoms in total. The Bertz CT molecular complexity index is 1080. The fraction of sp³-hybridized carbons (Fsp3) is 0.190. The van der Waals surface area contributed by atoms with Crippen LogP contribution in [0.2, 0.25) is 5.15 Å². The standard InChI is InChI=1S/C19H15ClN4.C2H6/c1-11-3-5-15-14(7-8-22-18(15)20)17(11)12-4-6-16-13(9-12)10-23-19(21-2)24-16;1-2/h3-10H,1-2H3,(H,21,23,24);1-2H3. The topological polar surface area (TPSA) is 50.7 Å². The van der Waals surface area contributed by atoms with Gasteiger partial charge in [-0.05, 0) is 47.2 Å². The molecule has 4 rings (SSSR count). The Hall–Kier alpha value is -2.72. The number of hydrogen-bond acceptors (Lipinski definition) is 4. The molecule has 2 aromatic heterocycles. The summed E-state index contributed by atoms with van der Waals surface area (Å²) in [6.07, 6.45) is 3.59. The van der Waals surface area contributed by atoms with Crippen LogP contribution < -0.4 is 5.32 Å². The molecule has 1 N–H and O–H groups in total. The number of nitrogens with one attached hydrogen (secondary N) is 1. The van der Waals surface area contributed by atoms with Gasteiger partial charge in [-0.25, -0.2) is 15.0 Å². The zero-order chi connectivity index (χ0) is 18.7. The number of aromatic nitrogens is 3. The molecule has 132 valence electrons. The number of halogens is 1. The minimum atomic E-state index is 0.525. The molecule has 0 atom stereocenters. The van der Waals surface area contributed by atoms with Crippen LogP contribution in [0.5, 0.6) is 0 Å². The van der Waals surface area contributed by atoms with Gasteiger partial charge in [-0.3, -0.25) is 0 Å². The number of benzene rings is 2. The Kier molecular flexibility index (Phi) is 5.33. The maximum absolute atomic E-state index is 6.26. The molecule has 0 bridgehead atoms. The third-order valence-electron chi connectivity index (χ3n) is 4.20. The highest BCUT2D eigenvalue weighted by Gasteiger charge is 2.11. The van der Waals surface area contributed by atoms with Gasteiger partial charge in [-0.1, -0.05) is 43.6 Å². The van der Waals surface area contributed by atoms with Gasteiger partial charge in [0.05, 0.1) is 5.52 Å². The van der Waals surface area contributed by atoms with E-state index in [9.17, 15) is 0 Å². The molecule has 0 aliphatic carbocycles. The van der Waals surface area contributed by atoms with Crippen molar-refractivity contribution in [2.24, 2.45) is 0 Å². The number of nitrogens with zero attached hydrogens (tertiary/aromatic N) is 3. The monoisotopic (exact) mass is 364 g/mol. The van der Waals surface area contributed by atoms with Crippen LogP contribution in [0, 0.1) is 6.92 Å². The third kappa shape index (κ3) is 3.20. The van der Waals surface area contributed by atoms with Gasteiger partial charge in [0.1, 0.15) is 5.15 Å². The second-order valence-electron chi connectivity index (χ2n) is 5.67. The molecule has 4 aromatic rings. The van der Waals surface area contributed by atoms with Gasteiger partial charge in [0.25, 0.3) is 0 Å². The first-order valence-electron chi connectivity index (χ1n) is 8.66. The number of anilines is 1. The van der Waals surface area contributed by atoms with Crippen LogP contribution in [0.4, 0.5) is 5.95 Å². The second-order valence-corrected chi connectivity index (χ2v) is 6.03. The Morgan fingerprint density at radius 1 is 0.962 bits per heavy atom. The lowest BCUT2D eigenvalue weighted by Crippen LogP contribution is -1.96. The minimum absolute atomic E-state index is 0.525. The van der Waals surface area contributed by atoms with E-state index in [1.54, 1.807) is 6.20 Å². The lowest BCUT2D eigenvalue weighted by Gasteiger charge is -2.12. The van der Waals surface area contributed by atoms with E-state index in [4.69, 9.17) is 11.6 Å². The number of pyridine rings is 1. The van der Waals surface area contributed by atoms with Crippen LogP contribution >= 0.6 is 11.6 Å². The van der Waals surface area contributed by atoms with E-state index in [-0.39, 0.29) is 0 Å². The van der Waals surface area contributed by atoms with Crippen molar-refractivity contribution in [1.29, 1.82) is 0 Å². The van der Waals surface area contributed by atoms with Crippen molar-refractivity contribution in [2.75, 3.05) is 12.4 Å². The van der Waals surface area contributed by atoms with E-state index in [0.29, 0.717) is 11.1 Å². The van der Waals surface area contributed by atoms with Crippen molar-refractivity contribution < 1.29 is 0 Å². The van der Waals surface area contributed by atoms with Crippen molar-refractivity contribution in [1.82, 2.24) is 15.0 Å². The summed E-state index contributed by atoms with van der Waals surface area (Å²) < 4.78 is 0. The lowest BCUT2D eigenvalue weighted by molar-refractivity contribution is 1.19. The van der Waals surface area contributed by atoms with Crippen LogP contribution in [0.3, 0.4) is 0 Å². The molecule has 0 fully saturated rings. The van der Waals surface area contributed by atoms with E-state index >= 15 is 0 Å². The van der Waals surface area contributed by atoms with E-state index in [1.165, 1.54) is 5.56 Å². The summed E-state index contributed by atoms with van der Waals surface area (Å²) in [4.78, 5) is 13.0. The maximum Gasteiger partial charge on any atom is 0.222 e. The molecule has 2 aromatic carbocycles. The first-order valence-corrected chi connectivity index (χ1v) is 9.04. The van der Waals surface area contributed by atoms with E-state index in [1.807, 2.05) is 45.3 Å². The van der Waals surface area contributed by atoms with Crippen LogP contribution in [0.1, 0.15) is 19.4 Å². The number of rotatable bonds is 2. The molecular weight excluding hydrogens is 344 g/mol. The summed E-state index contributed by atoms with van der Waals surface area (Å²) in [5.74, 6) is 0.620. The Morgan fingerprint density at radius 2 is 1.77 bits per heavy atom. The molecule has 0 radical (unpaired) electrons. The molecule has 0 aliphatic rings. The summed E-state index contributed by atoms with van der Waals surface area (Å²) in [7, 11) is 1.81. The van der Waals surface area contributed by atoms with Crippen LogP contribution in [-0.4, -0.2) is 22.0 Å². The van der Waals surface area contributed by atoms with Gasteiger partial charge < -0.3 is 5.32 Å². The quantitative estimate of drug-likeness (QED) is 0.451. The van der Waals surface area contributed by atoms with Crippen molar-refractivity contribution in [3.8, 4) is 11.1 Å². The van der Waals surface area contributed by atoms with Crippen LogP contribution in [-0.2, 0) is 0 Å². The van der Waals surface area contributed by atoms with Gasteiger partial charge in [-0.15, -0.1) is 0 Å². The summed E-state index contributed by atoms with van der Waals surface area (Å²) in [6, 6.07) is 12.3. The van der Waals surface area contributed by atoms with Crippen molar-refractivity contribution in [3.63, 3.8) is 0 Å². The summed E-state index contributed by atoms with van der Waals surface area (Å²) >= 11 is 6.26. The first-order chi connectivity index (χ1) is 12.7. The molecule has 0 saturated heterocycles. The number of hydrogen-bond donors (Lipinski definition) is 1. The SMILES string of the molecule is CC.CNc1ncc2cc(-c3c(C)ccc4c(Cl)nccc34)ccc2n1. The predicted octanol–water partition coefficient (Wildman–Crippen LogP) is 5.87. The molecular formula is C21H21ClN4. The summed E-state index contributed by atoms with van der Waals surface area (Å²) in [5, 5.41) is 6.55. The highest BCUT2D eigenvalue weighted by Crippen LogP contribution is 2.35. The molecule has 0 aliphatic heterocycles. The largest absolute Gasteiger partial charge is 0.357 e. The minimum Gasteiger partial charge on any atom is -0.357 e. The molecule has 0 saturated carbocycles. The van der Waals surface area contributed by atoms with Gasteiger partial charge in [0.15, 0.2) is 0 Å². The van der Waals surface area contributed by atoms with E-state index in [0.717, 1.165) is 32.8 Å². The van der Waals surface area contributed by atoms with Gasteiger partial charge in [0.2, 0.25) is 5.95 Å². The number of fused-ring (bicyclic) bond motifs is 2. The zero-order valence-electron chi connectivity index (χ0n) is 15.3. The first kappa shape index (κ1) is 18.1. The third-order valence-corrected chi connectivity index (χ3v) is 4.50. The molecule has 2 heterocycles. The Labute approximate surface area is 158 Å². The summed E-state index contributed by atoms with van der Waals surface area (Å²) in [6.45, 7) is 6.11. The highest BCUT2D eigenvalue weighted by atomic mass is 35.5. The van der Waals surface area contributed by atoms with Crippen molar-refractivity contribution >= 4 is 39.2 Å². The molecule has 0 amide bonds. The van der Waals surface area contributed by atoms with Crippen molar-refractivity contribution in [2.45, 2.75) is 20.8 Å². The zero-order valence-corrected chi connectivity index (χ0v) is 16.1. The Balaban J connectivity index is 0.000000948. The second kappa shape index (κ2) is 7.67. The van der Waals surface area contributed by atoms with Crippen LogP contribution in [0.25, 0.3) is 32.8 Å². The molecule has 0 spiro atoms. The highest BCUT2D eigenvalue weighted by molar-refractivity contribution is 6.34. The van der Waals surface area contributed by atoms with Crippen molar-refractivity contribution in [3.05, 3.63) is 59.5 Å². The molecule has 26 heavy (non-hydrogen) atoms. The maximum atomic E-state index is 6.26. The fourth-order valence-corrected chi connectivity index (χ4v) is 3.24. The lowest BCUT2D eigenvalue weighted by atomic mass is 9.94. The molecule has 5 heteroatoms. The summed E-state index contributed by atoms with van der Waals surface area (Å²) in [5.41, 5.74) is 4.39. The fourth-order valence-electron chi connectivity index (χ4n) is 3.02. The van der Waals surface area contributed by atoms with Gasteiger partial charge >= 0.3 is 0 Å². The van der Waals surface area contributed by atoms with E-state index in [2.05, 4.69) is 45.4 Å². The smallest absolute Gasteiger partial charge is 0.222 e. The predicted molar refractivity (Wildman–Crippen MR) is 111 cm³/mol. The normalized spacial score (nSPS) is 10.5. The van der Waals surface area contributed by atoms with E-state index < -0.39 is 0 Å². The van der Waals surface area contributed by atoms with Gasteiger partial charge in [-0.2, -0.15) is 0 Å². The Morgan fingerprint density at radius 3 is 2.54 bits per heavy atom.